The Bertz CT molecular complexity index is 943. The summed E-state index contributed by atoms with van der Waals surface area (Å²) in [5.41, 5.74) is 4.26. The molecule has 0 bridgehead atoms. The van der Waals surface area contributed by atoms with Crippen molar-refractivity contribution in [2.45, 2.75) is 99.3 Å². The number of carbonyl (C=O) groups is 1. The summed E-state index contributed by atoms with van der Waals surface area (Å²) in [6, 6.07) is 8.20. The predicted octanol–water partition coefficient (Wildman–Crippen LogP) is 5.29. The van der Waals surface area contributed by atoms with Gasteiger partial charge in [-0.2, -0.15) is 0 Å². The normalized spacial score (nSPS) is 11.5. The number of ether oxygens (including phenoxy) is 3. The second-order valence-electron chi connectivity index (χ2n) is 10.6. The number of hydrogen-bond donors (Lipinski definition) is 0. The topological polar surface area (TPSA) is 44.8 Å². The van der Waals surface area contributed by atoms with Crippen LogP contribution in [0.4, 0.5) is 0 Å². The minimum Gasteiger partial charge on any atom is -0.493 e. The largest absolute Gasteiger partial charge is 1.00 e. The fraction of sp³-hybridized carbons (Fsp3) is 0.581. The summed E-state index contributed by atoms with van der Waals surface area (Å²) in [5.74, 6) is 2.15. The Hall–Kier alpha value is -1.46. The Morgan fingerprint density at radius 1 is 0.757 bits per heavy atom. The van der Waals surface area contributed by atoms with Gasteiger partial charge in [-0.05, 0) is 63.8 Å². The van der Waals surface area contributed by atoms with Crippen LogP contribution in [-0.2, 0) is 5.41 Å². The maximum absolute atomic E-state index is 13.7. The first-order chi connectivity index (χ1) is 17.1. The van der Waals surface area contributed by atoms with Crippen LogP contribution in [0, 0.1) is 13.8 Å². The fourth-order valence-electron chi connectivity index (χ4n) is 3.92. The minimum atomic E-state index is -0.0923. The predicted molar refractivity (Wildman–Crippen MR) is 155 cm³/mol. The van der Waals surface area contributed by atoms with Gasteiger partial charge in [-0.1, -0.05) is 72.9 Å². The van der Waals surface area contributed by atoms with E-state index in [4.69, 9.17) is 14.2 Å². The molecule has 0 aliphatic carbocycles. The molecule has 0 radical (unpaired) electrons. The van der Waals surface area contributed by atoms with Gasteiger partial charge in [0.25, 0.3) is 0 Å². The van der Waals surface area contributed by atoms with Gasteiger partial charge in [0.15, 0.2) is 5.52 Å². The molecule has 0 fully saturated rings. The fourth-order valence-corrected chi connectivity index (χ4v) is 5.20. The zero-order valence-corrected chi connectivity index (χ0v) is 25.8. The minimum absolute atomic E-state index is 0. The molecule has 6 heteroatoms. The van der Waals surface area contributed by atoms with Crippen molar-refractivity contribution in [3.8, 4) is 17.2 Å². The quantitative estimate of drug-likeness (QED) is 0.182. The molecule has 0 aromatic heterocycles. The van der Waals surface area contributed by atoms with Crippen LogP contribution in [0.25, 0.3) is 0 Å². The number of unbranched alkanes of at least 4 members (excludes halogenated alkanes) is 3. The number of benzene rings is 2. The van der Waals surface area contributed by atoms with Gasteiger partial charge in [0.05, 0.1) is 25.1 Å². The zero-order valence-electron chi connectivity index (χ0n) is 24.8. The molecule has 0 heterocycles. The number of aryl methyl sites for hydroxylation is 2. The van der Waals surface area contributed by atoms with Crippen molar-refractivity contribution in [1.82, 2.24) is 0 Å². The molecule has 37 heavy (non-hydrogen) atoms. The van der Waals surface area contributed by atoms with Crippen LogP contribution < -0.4 is 38.4 Å². The molecule has 200 valence electrons. The van der Waals surface area contributed by atoms with Crippen molar-refractivity contribution in [3.63, 3.8) is 0 Å². The zero-order chi connectivity index (χ0) is 26.7. The molecular weight excluding hydrogens is 474 g/mol. The molecule has 2 aromatic rings. The van der Waals surface area contributed by atoms with E-state index in [0.717, 1.165) is 66.3 Å². The number of carbonyl (C=O) groups excluding carboxylic acids is 1. The molecule has 1 unspecified atom stereocenters. The van der Waals surface area contributed by atoms with Crippen molar-refractivity contribution in [3.05, 3.63) is 46.5 Å². The smallest absolute Gasteiger partial charge is 0.493 e. The van der Waals surface area contributed by atoms with E-state index in [1.165, 1.54) is 5.56 Å². The summed E-state index contributed by atoms with van der Waals surface area (Å²) in [5, 5.41) is 0.841. The first-order valence-corrected chi connectivity index (χ1v) is 14.6. The molecular formula is C31H47LiO4P+. The molecule has 0 spiro atoms. The van der Waals surface area contributed by atoms with Crippen LogP contribution in [-0.4, -0.2) is 25.3 Å². The Morgan fingerprint density at radius 2 is 1.19 bits per heavy atom. The SMILES string of the molecule is CCCCOc1cc(OCCCC)c(PC(=O)c2c(C)cc(C(C)(C)C)cc2C)c(OCCCC)c1.[Li+]. The maximum atomic E-state index is 13.7. The molecule has 0 amide bonds. The molecule has 0 aliphatic heterocycles. The van der Waals surface area contributed by atoms with Gasteiger partial charge in [0, 0.05) is 17.7 Å². The van der Waals surface area contributed by atoms with E-state index in [2.05, 4.69) is 53.7 Å². The van der Waals surface area contributed by atoms with Crippen LogP contribution >= 0.6 is 8.58 Å². The van der Waals surface area contributed by atoms with Gasteiger partial charge in [-0.3, -0.25) is 4.79 Å². The van der Waals surface area contributed by atoms with E-state index in [0.29, 0.717) is 31.3 Å². The molecule has 4 nitrogen and oxygen atoms in total. The molecule has 2 aromatic carbocycles. The van der Waals surface area contributed by atoms with Crippen molar-refractivity contribution in [2.75, 3.05) is 19.8 Å². The average molecular weight is 522 g/mol. The molecule has 0 N–H and O–H groups in total. The third-order valence-electron chi connectivity index (χ3n) is 6.18. The van der Waals surface area contributed by atoms with Crippen molar-refractivity contribution < 1.29 is 37.9 Å². The maximum Gasteiger partial charge on any atom is 1.00 e. The first-order valence-electron chi connectivity index (χ1n) is 13.6. The summed E-state index contributed by atoms with van der Waals surface area (Å²) in [4.78, 5) is 13.7. The van der Waals surface area contributed by atoms with Gasteiger partial charge in [0.1, 0.15) is 17.2 Å². The average Bonchev–Trinajstić information content (AvgIpc) is 2.80. The van der Waals surface area contributed by atoms with Gasteiger partial charge < -0.3 is 14.2 Å². The second kappa shape index (κ2) is 16.5. The molecule has 2 rings (SSSR count). The van der Waals surface area contributed by atoms with Crippen LogP contribution in [0.15, 0.2) is 24.3 Å². The van der Waals surface area contributed by atoms with E-state index in [9.17, 15) is 4.79 Å². The van der Waals surface area contributed by atoms with E-state index < -0.39 is 0 Å². The summed E-state index contributed by atoms with van der Waals surface area (Å²) in [7, 11) is -0.0923. The monoisotopic (exact) mass is 521 g/mol. The van der Waals surface area contributed by atoms with Gasteiger partial charge >= 0.3 is 18.9 Å². The third kappa shape index (κ3) is 10.3. The van der Waals surface area contributed by atoms with Gasteiger partial charge in [-0.25, -0.2) is 0 Å². The Kier molecular flexibility index (Phi) is 15.0. The van der Waals surface area contributed by atoms with Crippen LogP contribution in [0.2, 0.25) is 0 Å². The molecule has 0 saturated heterocycles. The van der Waals surface area contributed by atoms with E-state index >= 15 is 0 Å². The van der Waals surface area contributed by atoms with Crippen LogP contribution in [0.5, 0.6) is 17.2 Å². The van der Waals surface area contributed by atoms with E-state index in [1.807, 2.05) is 26.0 Å². The van der Waals surface area contributed by atoms with E-state index in [1.54, 1.807) is 0 Å². The van der Waals surface area contributed by atoms with Crippen molar-refractivity contribution in [1.29, 1.82) is 0 Å². The summed E-state index contributed by atoms with van der Waals surface area (Å²) < 4.78 is 18.5. The van der Waals surface area contributed by atoms with Crippen molar-refractivity contribution in [2.24, 2.45) is 0 Å². The Balaban J connectivity index is 0.00000684. The van der Waals surface area contributed by atoms with Crippen molar-refractivity contribution >= 4 is 19.4 Å². The summed E-state index contributed by atoms with van der Waals surface area (Å²) in [6.07, 6.45) is 6.05. The third-order valence-corrected chi connectivity index (χ3v) is 7.40. The molecule has 0 aliphatic rings. The summed E-state index contributed by atoms with van der Waals surface area (Å²) >= 11 is 0. The second-order valence-corrected chi connectivity index (χ2v) is 11.8. The van der Waals surface area contributed by atoms with Crippen LogP contribution in [0.1, 0.15) is 107 Å². The number of rotatable bonds is 15. The number of hydrogen-bond acceptors (Lipinski definition) is 4. The standard InChI is InChI=1S/C31H47O4P.Li/c1-9-12-15-33-25-20-26(34-16-13-10-2)29(27(21-25)35-17-14-11-3)36-30(32)28-22(4)18-24(19-23(28)5)31(6,7)8;/h18-21,36H,9-17H2,1-8H3;/q;+1. The molecule has 0 saturated carbocycles. The summed E-state index contributed by atoms with van der Waals surface area (Å²) in [6.45, 7) is 19.0. The van der Waals surface area contributed by atoms with Crippen LogP contribution in [0.3, 0.4) is 0 Å². The van der Waals surface area contributed by atoms with Gasteiger partial charge in [0.2, 0.25) is 0 Å². The molecule has 1 atom stereocenters. The Labute approximate surface area is 239 Å². The first kappa shape index (κ1) is 33.6. The van der Waals surface area contributed by atoms with Gasteiger partial charge in [-0.15, -0.1) is 0 Å². The van der Waals surface area contributed by atoms with E-state index in [-0.39, 0.29) is 38.4 Å². The Morgan fingerprint density at radius 3 is 1.59 bits per heavy atom.